The van der Waals surface area contributed by atoms with E-state index >= 15 is 0 Å². The minimum Gasteiger partial charge on any atom is -0.350 e. The van der Waals surface area contributed by atoms with Gasteiger partial charge in [-0.15, -0.1) is 9.24 Å². The lowest BCUT2D eigenvalue weighted by molar-refractivity contribution is -0.123. The molecule has 1 N–H and O–H groups in total. The van der Waals surface area contributed by atoms with Crippen LogP contribution in [0.4, 0.5) is 0 Å². The van der Waals surface area contributed by atoms with Crippen molar-refractivity contribution in [2.24, 2.45) is 0 Å². The van der Waals surface area contributed by atoms with E-state index in [-0.39, 0.29) is 30.0 Å². The summed E-state index contributed by atoms with van der Waals surface area (Å²) in [5.74, 6) is 0.624. The number of aromatic nitrogens is 2. The van der Waals surface area contributed by atoms with Crippen molar-refractivity contribution in [1.82, 2.24) is 20.0 Å². The summed E-state index contributed by atoms with van der Waals surface area (Å²) in [5.41, 5.74) is 3.86. The number of amides is 1. The number of nitrogens with zero attached hydrogens (tertiary/aromatic N) is 3. The van der Waals surface area contributed by atoms with Gasteiger partial charge in [0.2, 0.25) is 5.91 Å². The normalized spacial score (nSPS) is 19.3. The molecule has 2 atom stereocenters. The maximum Gasteiger partial charge on any atom is 0.267 e. The first kappa shape index (κ1) is 23.1. The Balaban J connectivity index is 1.57. The molecule has 1 aliphatic carbocycles. The van der Waals surface area contributed by atoms with E-state index in [0.717, 1.165) is 54.6 Å². The summed E-state index contributed by atoms with van der Waals surface area (Å²) >= 11 is 0. The molecule has 1 amide bonds. The summed E-state index contributed by atoms with van der Waals surface area (Å²) in [7, 11) is 2.78. The molecule has 172 valence electrons. The number of nitrogens with one attached hydrogen (secondary N) is 1. The van der Waals surface area contributed by atoms with Crippen LogP contribution in [-0.2, 0) is 11.3 Å². The van der Waals surface area contributed by atoms with Crippen LogP contribution in [0.1, 0.15) is 69.5 Å². The van der Waals surface area contributed by atoms with Gasteiger partial charge in [0.15, 0.2) is 0 Å². The van der Waals surface area contributed by atoms with Crippen molar-refractivity contribution in [2.45, 2.75) is 70.9 Å². The smallest absolute Gasteiger partial charge is 0.267 e. The Morgan fingerprint density at radius 3 is 2.69 bits per heavy atom. The van der Waals surface area contributed by atoms with Gasteiger partial charge < -0.3 is 10.2 Å². The van der Waals surface area contributed by atoms with E-state index in [4.69, 9.17) is 0 Å². The van der Waals surface area contributed by atoms with Crippen molar-refractivity contribution in [3.8, 4) is 11.1 Å². The van der Waals surface area contributed by atoms with Crippen LogP contribution in [0.5, 0.6) is 0 Å². The second-order valence-corrected chi connectivity index (χ2v) is 10.2. The Hall–Kier alpha value is -2.04. The molecule has 1 saturated heterocycles. The first-order chi connectivity index (χ1) is 15.3. The Labute approximate surface area is 193 Å². The zero-order chi connectivity index (χ0) is 22.8. The fraction of sp³-hybridized carbons (Fsp3) is 0.560. The van der Waals surface area contributed by atoms with Crippen molar-refractivity contribution in [2.75, 3.05) is 19.6 Å². The third-order valence-electron chi connectivity index (χ3n) is 6.52. The third kappa shape index (κ3) is 5.47. The van der Waals surface area contributed by atoms with Gasteiger partial charge in [-0.05, 0) is 73.1 Å². The molecule has 2 aromatic rings. The molecular weight excluding hydrogens is 419 g/mol. The first-order valence-electron chi connectivity index (χ1n) is 11.9. The predicted molar refractivity (Wildman–Crippen MR) is 133 cm³/mol. The molecule has 32 heavy (non-hydrogen) atoms. The maximum atomic E-state index is 12.9. The van der Waals surface area contributed by atoms with E-state index in [1.165, 1.54) is 23.1 Å². The highest BCUT2D eigenvalue weighted by molar-refractivity contribution is 7.27. The lowest BCUT2D eigenvalue weighted by atomic mass is 9.96. The minimum atomic E-state index is -0.236. The summed E-state index contributed by atoms with van der Waals surface area (Å²) < 4.78 is 1.32. The molecule has 1 unspecified atom stereocenters. The van der Waals surface area contributed by atoms with Gasteiger partial charge in [0, 0.05) is 24.2 Å². The zero-order valence-corrected chi connectivity index (χ0v) is 20.6. The molecule has 1 aromatic carbocycles. The quantitative estimate of drug-likeness (QED) is 0.653. The average molecular weight is 455 g/mol. The first-order valence-corrected chi connectivity index (χ1v) is 12.5. The number of rotatable bonds is 7. The second kappa shape index (κ2) is 9.84. The van der Waals surface area contributed by atoms with Gasteiger partial charge in [-0.1, -0.05) is 32.9 Å². The molecule has 1 aliphatic heterocycles. The summed E-state index contributed by atoms with van der Waals surface area (Å²) in [6, 6.07) is 8.31. The van der Waals surface area contributed by atoms with Crippen LogP contribution in [0.2, 0.25) is 0 Å². The van der Waals surface area contributed by atoms with Gasteiger partial charge in [-0.2, -0.15) is 5.10 Å². The topological polar surface area (TPSA) is 67.2 Å². The molecule has 7 heteroatoms. The van der Waals surface area contributed by atoms with Crippen LogP contribution in [0.3, 0.4) is 0 Å². The van der Waals surface area contributed by atoms with Crippen LogP contribution in [-0.4, -0.2) is 46.3 Å². The molecular formula is C25H35N4O2P. The van der Waals surface area contributed by atoms with Crippen molar-refractivity contribution < 1.29 is 4.79 Å². The monoisotopic (exact) mass is 454 g/mol. The van der Waals surface area contributed by atoms with Gasteiger partial charge in [-0.25, -0.2) is 4.68 Å². The van der Waals surface area contributed by atoms with E-state index in [1.54, 1.807) is 6.07 Å². The van der Waals surface area contributed by atoms with Crippen LogP contribution in [0.15, 0.2) is 29.1 Å². The van der Waals surface area contributed by atoms with Gasteiger partial charge in [0.05, 0.1) is 5.69 Å². The van der Waals surface area contributed by atoms with E-state index < -0.39 is 0 Å². The third-order valence-corrected chi connectivity index (χ3v) is 6.86. The highest BCUT2D eigenvalue weighted by Crippen LogP contribution is 2.41. The number of carbonyl (C=O) groups excluding carboxylic acids is 1. The largest absolute Gasteiger partial charge is 0.350 e. The molecule has 1 aromatic heterocycles. The lowest BCUT2D eigenvalue weighted by Gasteiger charge is -2.32. The second-order valence-electron chi connectivity index (χ2n) is 9.56. The molecule has 6 nitrogen and oxygen atoms in total. The van der Waals surface area contributed by atoms with E-state index in [0.29, 0.717) is 5.92 Å². The van der Waals surface area contributed by atoms with Crippen LogP contribution in [0, 0.1) is 0 Å². The summed E-state index contributed by atoms with van der Waals surface area (Å²) in [6.07, 6.45) is 4.53. The summed E-state index contributed by atoms with van der Waals surface area (Å²) in [6.45, 7) is 9.20. The number of carbonyl (C=O) groups is 1. The van der Waals surface area contributed by atoms with Gasteiger partial charge in [-0.3, -0.25) is 9.59 Å². The average Bonchev–Trinajstić information content (AvgIpc) is 3.60. The van der Waals surface area contributed by atoms with Gasteiger partial charge in [0.25, 0.3) is 5.56 Å². The fourth-order valence-electron chi connectivity index (χ4n) is 4.63. The molecule has 4 rings (SSSR count). The Bertz CT molecular complexity index is 1040. The molecule has 1 saturated carbocycles. The number of benzene rings is 1. The highest BCUT2D eigenvalue weighted by Gasteiger charge is 2.25. The van der Waals surface area contributed by atoms with Crippen molar-refractivity contribution in [1.29, 1.82) is 0 Å². The fourth-order valence-corrected chi connectivity index (χ4v) is 5.00. The minimum absolute atomic E-state index is 0.0432. The summed E-state index contributed by atoms with van der Waals surface area (Å²) in [4.78, 5) is 28.0. The van der Waals surface area contributed by atoms with Gasteiger partial charge in [0.1, 0.15) is 6.54 Å². The van der Waals surface area contributed by atoms with Crippen LogP contribution < -0.4 is 16.2 Å². The van der Waals surface area contributed by atoms with Crippen molar-refractivity contribution in [3.63, 3.8) is 0 Å². The molecule has 2 fully saturated rings. The van der Waals surface area contributed by atoms with Crippen LogP contribution in [0.25, 0.3) is 11.1 Å². The standard InChI is InChI=1S/C25H35N4O2P/c1-4-28-9-5-6-20(14-28)26-23(30)15-29-24(31)13-22(25(27-29)16(2)3)19-10-18(17-7-8-17)11-21(32)12-19/h10-13,16-17,20H,4-9,14-15,32H2,1-3H3,(H,26,30)/t20-/m0/s1. The van der Waals surface area contributed by atoms with Crippen molar-refractivity contribution in [3.05, 3.63) is 45.9 Å². The molecule has 2 heterocycles. The van der Waals surface area contributed by atoms with Gasteiger partial charge >= 0.3 is 0 Å². The number of likely N-dealkylation sites (N-methyl/N-ethyl adjacent to an activating group) is 1. The Morgan fingerprint density at radius 1 is 1.22 bits per heavy atom. The molecule has 2 aliphatic rings. The number of likely N-dealkylation sites (tertiary alicyclic amines) is 1. The lowest BCUT2D eigenvalue weighted by Crippen LogP contribution is -2.48. The predicted octanol–water partition coefficient (Wildman–Crippen LogP) is 3.01. The summed E-state index contributed by atoms with van der Waals surface area (Å²) in [5, 5.41) is 8.88. The molecule has 0 spiro atoms. The number of piperidine rings is 1. The SMILES string of the molecule is CCN1CCC[C@H](NC(=O)Cn2nc(C(C)C)c(-c3cc(P)cc(C4CC4)c3)cc2=O)C1. The maximum absolute atomic E-state index is 12.9. The molecule has 0 radical (unpaired) electrons. The Kier molecular flexibility index (Phi) is 7.11. The van der Waals surface area contributed by atoms with E-state index in [2.05, 4.69) is 63.5 Å². The van der Waals surface area contributed by atoms with Crippen molar-refractivity contribution >= 4 is 20.5 Å². The Morgan fingerprint density at radius 2 is 2.00 bits per heavy atom. The number of hydrogen-bond acceptors (Lipinski definition) is 4. The molecule has 0 bridgehead atoms. The van der Waals surface area contributed by atoms with E-state index in [9.17, 15) is 9.59 Å². The van der Waals surface area contributed by atoms with E-state index in [1.807, 2.05) is 0 Å². The number of hydrogen-bond donors (Lipinski definition) is 1. The zero-order valence-electron chi connectivity index (χ0n) is 19.4. The van der Waals surface area contributed by atoms with Crippen LogP contribution >= 0.6 is 9.24 Å². The highest BCUT2D eigenvalue weighted by atomic mass is 31.0.